The number of aliphatic hydroxyl groups excluding tert-OH is 1. The average Bonchev–Trinajstić information content (AvgIpc) is 3.01. The molecule has 0 saturated carbocycles. The zero-order valence-electron chi connectivity index (χ0n) is 16.9. The van der Waals surface area contributed by atoms with Crippen molar-refractivity contribution in [2.45, 2.75) is 24.3 Å². The Morgan fingerprint density at radius 2 is 2.07 bits per heavy atom. The first-order chi connectivity index (χ1) is 13.6. The smallest absolute Gasteiger partial charge is 0.120 e. The van der Waals surface area contributed by atoms with Crippen LogP contribution >= 0.6 is 0 Å². The molecule has 28 heavy (non-hydrogen) atoms. The molecule has 3 aliphatic rings. The molecule has 6 nitrogen and oxygen atoms in total. The minimum atomic E-state index is -0.00596. The standard InChI is InChI=1S/C22H31N3O3/c1-24-19-9-16(27-2)3-4-17(19)20-21(24)18(11-26)23-12-22(20)13-25(14-22)10-15-5-7-28-8-6-15/h3-4,9,15,18,23,26H,5-8,10-14H2,1-2H3/t18-/m1/s1. The number of aliphatic hydroxyl groups is 1. The SMILES string of the molecule is COc1ccc2c3c(n(C)c2c1)[C@@H](CO)NCC31CN(CC2CCOCC2)C1. The van der Waals surface area contributed by atoms with Crippen LogP contribution in [0.1, 0.15) is 30.1 Å². The first kappa shape index (κ1) is 18.4. The maximum atomic E-state index is 9.99. The van der Waals surface area contributed by atoms with E-state index in [1.54, 1.807) is 7.11 Å². The van der Waals surface area contributed by atoms with E-state index in [1.807, 2.05) is 0 Å². The van der Waals surface area contributed by atoms with Crippen molar-refractivity contribution in [1.29, 1.82) is 0 Å². The molecule has 1 spiro atoms. The molecule has 0 amide bonds. The molecule has 152 valence electrons. The average molecular weight is 386 g/mol. The van der Waals surface area contributed by atoms with Gasteiger partial charge in [-0.1, -0.05) is 0 Å². The molecule has 1 aromatic heterocycles. The van der Waals surface area contributed by atoms with E-state index in [4.69, 9.17) is 9.47 Å². The van der Waals surface area contributed by atoms with Crippen molar-refractivity contribution in [3.05, 3.63) is 29.5 Å². The van der Waals surface area contributed by atoms with Gasteiger partial charge in [-0.15, -0.1) is 0 Å². The Morgan fingerprint density at radius 1 is 1.29 bits per heavy atom. The number of likely N-dealkylation sites (tertiary alicyclic amines) is 1. The normalized spacial score (nSPS) is 25.0. The highest BCUT2D eigenvalue weighted by Crippen LogP contribution is 2.46. The number of nitrogens with zero attached hydrogens (tertiary/aromatic N) is 2. The molecule has 2 aromatic rings. The van der Waals surface area contributed by atoms with Gasteiger partial charge in [0.15, 0.2) is 0 Å². The number of ether oxygens (including phenoxy) is 2. The van der Waals surface area contributed by atoms with Crippen molar-refractivity contribution in [1.82, 2.24) is 14.8 Å². The third-order valence-electron chi connectivity index (χ3n) is 7.09. The molecule has 4 heterocycles. The monoisotopic (exact) mass is 385 g/mol. The fourth-order valence-corrected chi connectivity index (χ4v) is 5.69. The Balaban J connectivity index is 1.48. The van der Waals surface area contributed by atoms with Gasteiger partial charge in [0, 0.05) is 69.0 Å². The van der Waals surface area contributed by atoms with Gasteiger partial charge in [-0.2, -0.15) is 0 Å². The Bertz CT molecular complexity index is 866. The summed E-state index contributed by atoms with van der Waals surface area (Å²) in [6.07, 6.45) is 2.38. The van der Waals surface area contributed by atoms with E-state index in [2.05, 4.69) is 40.0 Å². The first-order valence-electron chi connectivity index (χ1n) is 10.5. The van der Waals surface area contributed by atoms with Gasteiger partial charge in [0.1, 0.15) is 5.75 Å². The van der Waals surface area contributed by atoms with E-state index in [0.29, 0.717) is 0 Å². The second kappa shape index (κ2) is 7.02. The number of aromatic nitrogens is 1. The van der Waals surface area contributed by atoms with Crippen LogP contribution < -0.4 is 10.1 Å². The number of hydrogen-bond acceptors (Lipinski definition) is 5. The molecule has 1 atom stereocenters. The van der Waals surface area contributed by atoms with Crippen LogP contribution in [0.4, 0.5) is 0 Å². The summed E-state index contributed by atoms with van der Waals surface area (Å²) in [5, 5.41) is 14.9. The molecule has 0 unspecified atom stereocenters. The van der Waals surface area contributed by atoms with Crippen molar-refractivity contribution in [2.75, 3.05) is 53.1 Å². The molecule has 0 bridgehead atoms. The van der Waals surface area contributed by atoms with Crippen LogP contribution in [0.3, 0.4) is 0 Å². The summed E-state index contributed by atoms with van der Waals surface area (Å²) in [5.41, 5.74) is 4.01. The fraction of sp³-hybridized carbons (Fsp3) is 0.636. The third-order valence-corrected chi connectivity index (χ3v) is 7.09. The van der Waals surface area contributed by atoms with Gasteiger partial charge in [-0.05, 0) is 36.5 Å². The molecular weight excluding hydrogens is 354 g/mol. The summed E-state index contributed by atoms with van der Waals surface area (Å²) in [6, 6.07) is 6.38. The van der Waals surface area contributed by atoms with E-state index in [1.165, 1.54) is 41.5 Å². The highest BCUT2D eigenvalue weighted by atomic mass is 16.5. The van der Waals surface area contributed by atoms with Gasteiger partial charge in [0.05, 0.1) is 25.3 Å². The summed E-state index contributed by atoms with van der Waals surface area (Å²) in [7, 11) is 3.83. The minimum absolute atomic E-state index is 0.00596. The predicted molar refractivity (Wildman–Crippen MR) is 109 cm³/mol. The van der Waals surface area contributed by atoms with Crippen LogP contribution in [-0.2, 0) is 17.2 Å². The molecule has 6 heteroatoms. The lowest BCUT2D eigenvalue weighted by Gasteiger charge is -2.54. The Labute approximate surface area is 166 Å². The minimum Gasteiger partial charge on any atom is -0.497 e. The van der Waals surface area contributed by atoms with E-state index < -0.39 is 0 Å². The van der Waals surface area contributed by atoms with Crippen LogP contribution in [-0.4, -0.2) is 67.7 Å². The Hall–Kier alpha value is -1.60. The summed E-state index contributed by atoms with van der Waals surface area (Å²) in [6.45, 7) is 6.25. The number of hydrogen-bond donors (Lipinski definition) is 2. The number of fused-ring (bicyclic) bond motifs is 4. The fourth-order valence-electron chi connectivity index (χ4n) is 5.69. The molecule has 5 rings (SSSR count). The largest absolute Gasteiger partial charge is 0.497 e. The summed E-state index contributed by atoms with van der Waals surface area (Å²) < 4.78 is 13.2. The van der Waals surface area contributed by atoms with E-state index >= 15 is 0 Å². The van der Waals surface area contributed by atoms with Crippen molar-refractivity contribution in [2.24, 2.45) is 13.0 Å². The summed E-state index contributed by atoms with van der Waals surface area (Å²) in [5.74, 6) is 1.65. The van der Waals surface area contributed by atoms with Crippen LogP contribution in [0, 0.1) is 5.92 Å². The van der Waals surface area contributed by atoms with Gasteiger partial charge >= 0.3 is 0 Å². The summed E-state index contributed by atoms with van der Waals surface area (Å²) in [4.78, 5) is 2.61. The van der Waals surface area contributed by atoms with Gasteiger partial charge < -0.3 is 29.4 Å². The first-order valence-corrected chi connectivity index (χ1v) is 10.5. The highest BCUT2D eigenvalue weighted by molar-refractivity contribution is 5.89. The molecule has 2 saturated heterocycles. The molecule has 0 radical (unpaired) electrons. The van der Waals surface area contributed by atoms with Gasteiger partial charge in [0.25, 0.3) is 0 Å². The quantitative estimate of drug-likeness (QED) is 0.841. The predicted octanol–water partition coefficient (Wildman–Crippen LogP) is 1.80. The second-order valence-electron chi connectivity index (χ2n) is 8.82. The number of benzene rings is 1. The van der Waals surface area contributed by atoms with Crippen LogP contribution in [0.2, 0.25) is 0 Å². The zero-order valence-corrected chi connectivity index (χ0v) is 16.9. The van der Waals surface area contributed by atoms with Gasteiger partial charge in [0.2, 0.25) is 0 Å². The lowest BCUT2D eigenvalue weighted by atomic mass is 9.69. The van der Waals surface area contributed by atoms with E-state index in [9.17, 15) is 5.11 Å². The van der Waals surface area contributed by atoms with Crippen molar-refractivity contribution >= 4 is 10.9 Å². The van der Waals surface area contributed by atoms with Crippen molar-refractivity contribution in [3.8, 4) is 5.75 Å². The lowest BCUT2D eigenvalue weighted by molar-refractivity contribution is 0.00670. The second-order valence-corrected chi connectivity index (χ2v) is 8.82. The van der Waals surface area contributed by atoms with Crippen LogP contribution in [0.25, 0.3) is 10.9 Å². The molecular formula is C22H31N3O3. The highest BCUT2D eigenvalue weighted by Gasteiger charge is 2.50. The Kier molecular flexibility index (Phi) is 4.62. The molecule has 2 fully saturated rings. The number of nitrogens with one attached hydrogen (secondary N) is 1. The topological polar surface area (TPSA) is 58.9 Å². The van der Waals surface area contributed by atoms with Crippen molar-refractivity contribution in [3.63, 3.8) is 0 Å². The van der Waals surface area contributed by atoms with Crippen molar-refractivity contribution < 1.29 is 14.6 Å². The number of aryl methyl sites for hydroxylation is 1. The maximum Gasteiger partial charge on any atom is 0.120 e. The molecule has 0 aliphatic carbocycles. The third kappa shape index (κ3) is 2.77. The van der Waals surface area contributed by atoms with Crippen LogP contribution in [0.15, 0.2) is 18.2 Å². The lowest BCUT2D eigenvalue weighted by Crippen LogP contribution is -2.66. The molecule has 1 aromatic carbocycles. The number of rotatable bonds is 4. The van der Waals surface area contributed by atoms with E-state index in [0.717, 1.165) is 44.5 Å². The van der Waals surface area contributed by atoms with Crippen LogP contribution in [0.5, 0.6) is 5.75 Å². The number of methoxy groups -OCH3 is 1. The zero-order chi connectivity index (χ0) is 19.3. The van der Waals surface area contributed by atoms with Gasteiger partial charge in [-0.25, -0.2) is 0 Å². The Morgan fingerprint density at radius 3 is 2.79 bits per heavy atom. The van der Waals surface area contributed by atoms with E-state index in [-0.39, 0.29) is 18.1 Å². The summed E-state index contributed by atoms with van der Waals surface area (Å²) >= 11 is 0. The maximum absolute atomic E-state index is 9.99. The van der Waals surface area contributed by atoms with Gasteiger partial charge in [-0.3, -0.25) is 0 Å². The molecule has 3 aliphatic heterocycles. The molecule has 2 N–H and O–H groups in total.